The maximum atomic E-state index is 10.2. The zero-order chi connectivity index (χ0) is 16.1. The lowest BCUT2D eigenvalue weighted by Crippen LogP contribution is -2.38. The van der Waals surface area contributed by atoms with Crippen LogP contribution in [0.5, 0.6) is 0 Å². The number of hydrogen-bond donors (Lipinski definition) is 1. The molecule has 2 aliphatic heterocycles. The fraction of sp³-hybridized carbons (Fsp3) is 0.667. The Bertz CT molecular complexity index is 476. The van der Waals surface area contributed by atoms with E-state index in [0.717, 1.165) is 23.7 Å². The van der Waals surface area contributed by atoms with E-state index in [1.54, 1.807) is 0 Å². The Morgan fingerprint density at radius 3 is 2.65 bits per heavy atom. The van der Waals surface area contributed by atoms with E-state index in [4.69, 9.17) is 16.3 Å². The first-order chi connectivity index (χ1) is 11.2. The summed E-state index contributed by atoms with van der Waals surface area (Å²) in [5, 5.41) is 10.9. The van der Waals surface area contributed by atoms with E-state index in [-0.39, 0.29) is 0 Å². The van der Waals surface area contributed by atoms with Crippen LogP contribution in [0.1, 0.15) is 24.8 Å². The Hall–Kier alpha value is -0.650. The highest BCUT2D eigenvalue weighted by Crippen LogP contribution is 2.20. The van der Waals surface area contributed by atoms with Crippen molar-refractivity contribution in [3.05, 3.63) is 34.9 Å². The van der Waals surface area contributed by atoms with E-state index in [0.29, 0.717) is 25.8 Å². The van der Waals surface area contributed by atoms with Crippen LogP contribution in [0, 0.1) is 0 Å². The summed E-state index contributed by atoms with van der Waals surface area (Å²) in [6.45, 7) is 6.31. The number of hydrogen-bond acceptors (Lipinski definition) is 4. The summed E-state index contributed by atoms with van der Waals surface area (Å²) in [6, 6.07) is 8.32. The molecule has 128 valence electrons. The van der Waals surface area contributed by atoms with Gasteiger partial charge in [0.2, 0.25) is 0 Å². The number of likely N-dealkylation sites (tertiary alicyclic amines) is 2. The molecule has 0 amide bonds. The normalized spacial score (nSPS) is 24.3. The summed E-state index contributed by atoms with van der Waals surface area (Å²) >= 11 is 5.86. The molecule has 0 spiro atoms. The van der Waals surface area contributed by atoms with Gasteiger partial charge in [0.05, 0.1) is 19.3 Å². The summed E-state index contributed by atoms with van der Waals surface area (Å²) in [5.41, 5.74) is 1.08. The minimum atomic E-state index is -0.417. The number of rotatable bonds is 7. The average molecular weight is 339 g/mol. The molecule has 23 heavy (non-hydrogen) atoms. The zero-order valence-electron chi connectivity index (χ0n) is 13.7. The fourth-order valence-corrected chi connectivity index (χ4v) is 3.75. The van der Waals surface area contributed by atoms with Crippen LogP contribution in [0.3, 0.4) is 0 Å². The first-order valence-electron chi connectivity index (χ1n) is 8.67. The van der Waals surface area contributed by atoms with Crippen LogP contribution in [0.4, 0.5) is 0 Å². The van der Waals surface area contributed by atoms with Crippen molar-refractivity contribution in [2.24, 2.45) is 0 Å². The molecule has 0 aliphatic carbocycles. The van der Waals surface area contributed by atoms with Gasteiger partial charge in [0, 0.05) is 24.2 Å². The second kappa shape index (κ2) is 8.45. The summed E-state index contributed by atoms with van der Waals surface area (Å²) in [5.74, 6) is 0. The molecule has 2 unspecified atom stereocenters. The van der Waals surface area contributed by atoms with Crippen LogP contribution >= 0.6 is 11.6 Å². The molecule has 2 fully saturated rings. The summed E-state index contributed by atoms with van der Waals surface area (Å²) in [6.07, 6.45) is 3.51. The van der Waals surface area contributed by atoms with Crippen molar-refractivity contribution in [3.63, 3.8) is 0 Å². The molecule has 1 N–H and O–H groups in total. The Morgan fingerprint density at radius 2 is 1.91 bits per heavy atom. The molecule has 5 heteroatoms. The van der Waals surface area contributed by atoms with E-state index in [1.165, 1.54) is 32.4 Å². The number of nitrogens with zero attached hydrogens (tertiary/aromatic N) is 2. The molecule has 1 aromatic rings. The quantitative estimate of drug-likeness (QED) is 0.828. The predicted octanol–water partition coefficient (Wildman–Crippen LogP) is 2.39. The van der Waals surface area contributed by atoms with Gasteiger partial charge in [0.15, 0.2) is 0 Å². The highest BCUT2D eigenvalue weighted by molar-refractivity contribution is 6.30. The predicted molar refractivity (Wildman–Crippen MR) is 92.8 cm³/mol. The summed E-state index contributed by atoms with van der Waals surface area (Å²) in [7, 11) is 0. The van der Waals surface area contributed by atoms with Crippen molar-refractivity contribution >= 4 is 11.6 Å². The van der Waals surface area contributed by atoms with Gasteiger partial charge in [-0.1, -0.05) is 23.7 Å². The Morgan fingerprint density at radius 1 is 1.17 bits per heavy atom. The maximum absolute atomic E-state index is 10.2. The number of β-amino-alcohol motifs (C(OH)–C–C–N with tert-alkyl or cyclic N) is 1. The number of aliphatic hydroxyl groups is 1. The molecule has 0 saturated carbocycles. The lowest BCUT2D eigenvalue weighted by atomic mass is 10.2. The van der Waals surface area contributed by atoms with E-state index < -0.39 is 6.10 Å². The van der Waals surface area contributed by atoms with E-state index in [1.807, 2.05) is 24.3 Å². The highest BCUT2D eigenvalue weighted by atomic mass is 35.5. The van der Waals surface area contributed by atoms with Gasteiger partial charge < -0.3 is 9.84 Å². The first-order valence-corrected chi connectivity index (χ1v) is 9.05. The van der Waals surface area contributed by atoms with Crippen molar-refractivity contribution in [1.82, 2.24) is 9.80 Å². The number of halogens is 1. The molecule has 0 bridgehead atoms. The molecule has 2 saturated heterocycles. The minimum absolute atomic E-state index is 0.382. The molecule has 0 aromatic heterocycles. The van der Waals surface area contributed by atoms with Gasteiger partial charge in [0.1, 0.15) is 0 Å². The Labute approximate surface area is 144 Å². The fourth-order valence-electron chi connectivity index (χ4n) is 3.63. The number of ether oxygens (including phenoxy) is 1. The minimum Gasteiger partial charge on any atom is -0.389 e. The van der Waals surface area contributed by atoms with Crippen LogP contribution in [0.25, 0.3) is 0 Å². The van der Waals surface area contributed by atoms with Crippen LogP contribution in [-0.4, -0.2) is 66.4 Å². The third-order valence-electron chi connectivity index (χ3n) is 4.87. The Balaban J connectivity index is 1.33. The lowest BCUT2D eigenvalue weighted by molar-refractivity contribution is 0.0125. The van der Waals surface area contributed by atoms with Crippen molar-refractivity contribution in [1.29, 1.82) is 0 Å². The van der Waals surface area contributed by atoms with Gasteiger partial charge in [0.25, 0.3) is 0 Å². The van der Waals surface area contributed by atoms with Gasteiger partial charge in [-0.05, 0) is 56.6 Å². The number of aliphatic hydroxyl groups excluding tert-OH is 1. The zero-order valence-corrected chi connectivity index (χ0v) is 14.4. The molecular formula is C18H27ClN2O2. The monoisotopic (exact) mass is 338 g/mol. The Kier molecular flexibility index (Phi) is 6.31. The van der Waals surface area contributed by atoms with Crippen molar-refractivity contribution in [2.45, 2.75) is 38.0 Å². The molecule has 1 aromatic carbocycles. The van der Waals surface area contributed by atoms with E-state index in [9.17, 15) is 5.11 Å². The molecular weight excluding hydrogens is 312 g/mol. The van der Waals surface area contributed by atoms with Crippen molar-refractivity contribution in [3.8, 4) is 0 Å². The molecule has 2 aliphatic rings. The third kappa shape index (κ3) is 5.16. The molecule has 2 atom stereocenters. The SMILES string of the molecule is OC(COCc1ccc(Cl)cc1)CN1CCC(N2CCCC2)C1. The summed E-state index contributed by atoms with van der Waals surface area (Å²) in [4.78, 5) is 4.99. The van der Waals surface area contributed by atoms with Crippen LogP contribution in [0.15, 0.2) is 24.3 Å². The molecule has 4 nitrogen and oxygen atoms in total. The smallest absolute Gasteiger partial charge is 0.0900 e. The summed E-state index contributed by atoms with van der Waals surface area (Å²) < 4.78 is 5.63. The lowest BCUT2D eigenvalue weighted by Gasteiger charge is -2.24. The van der Waals surface area contributed by atoms with Gasteiger partial charge in [-0.2, -0.15) is 0 Å². The third-order valence-corrected chi connectivity index (χ3v) is 5.12. The van der Waals surface area contributed by atoms with Crippen LogP contribution < -0.4 is 0 Å². The topological polar surface area (TPSA) is 35.9 Å². The van der Waals surface area contributed by atoms with E-state index >= 15 is 0 Å². The van der Waals surface area contributed by atoms with Gasteiger partial charge >= 0.3 is 0 Å². The van der Waals surface area contributed by atoms with Crippen LogP contribution in [0.2, 0.25) is 5.02 Å². The molecule has 2 heterocycles. The standard InChI is InChI=1S/C18H27ClN2O2/c19-16-5-3-15(4-6-16)13-23-14-18(22)12-20-10-7-17(11-20)21-8-1-2-9-21/h3-6,17-18,22H,1-2,7-14H2. The first kappa shape index (κ1) is 17.2. The van der Waals surface area contributed by atoms with Crippen molar-refractivity contribution < 1.29 is 9.84 Å². The average Bonchev–Trinajstić information content (AvgIpc) is 3.20. The van der Waals surface area contributed by atoms with Gasteiger partial charge in [-0.3, -0.25) is 9.80 Å². The van der Waals surface area contributed by atoms with E-state index in [2.05, 4.69) is 9.80 Å². The van der Waals surface area contributed by atoms with Gasteiger partial charge in [-0.25, -0.2) is 0 Å². The molecule has 3 rings (SSSR count). The van der Waals surface area contributed by atoms with Crippen LogP contribution in [-0.2, 0) is 11.3 Å². The number of benzene rings is 1. The van der Waals surface area contributed by atoms with Crippen molar-refractivity contribution in [2.75, 3.05) is 39.3 Å². The second-order valence-corrected chi connectivity index (χ2v) is 7.18. The molecule has 0 radical (unpaired) electrons. The second-order valence-electron chi connectivity index (χ2n) is 6.74. The largest absolute Gasteiger partial charge is 0.389 e. The highest BCUT2D eigenvalue weighted by Gasteiger charge is 2.29. The van der Waals surface area contributed by atoms with Gasteiger partial charge in [-0.15, -0.1) is 0 Å². The maximum Gasteiger partial charge on any atom is 0.0900 e.